The summed E-state index contributed by atoms with van der Waals surface area (Å²) in [5.74, 6) is -0.331. The molecule has 1 aromatic heterocycles. The summed E-state index contributed by atoms with van der Waals surface area (Å²) in [5.41, 5.74) is 3.34. The van der Waals surface area contributed by atoms with Gasteiger partial charge in [-0.05, 0) is 19.1 Å². The van der Waals surface area contributed by atoms with Gasteiger partial charge in [0.25, 0.3) is 5.91 Å². The topological polar surface area (TPSA) is 42.0 Å². The third-order valence-corrected chi connectivity index (χ3v) is 4.84. The van der Waals surface area contributed by atoms with Gasteiger partial charge in [-0.25, -0.2) is 4.98 Å². The number of thiazole rings is 1. The summed E-state index contributed by atoms with van der Waals surface area (Å²) in [6, 6.07) is 13.0. The first-order valence-electron chi connectivity index (χ1n) is 6.82. The summed E-state index contributed by atoms with van der Waals surface area (Å²) < 4.78 is 0. The number of carbonyl (C=O) groups is 1. The van der Waals surface area contributed by atoms with Crippen LogP contribution < -0.4 is 5.32 Å². The molecule has 0 saturated heterocycles. The summed E-state index contributed by atoms with van der Waals surface area (Å²) in [6.45, 7) is 2.03. The quantitative estimate of drug-likeness (QED) is 0.651. The molecule has 0 atom stereocenters. The largest absolute Gasteiger partial charge is 0.298 e. The summed E-state index contributed by atoms with van der Waals surface area (Å²) in [4.78, 5) is 16.7. The molecule has 1 heterocycles. The number of amides is 1. The van der Waals surface area contributed by atoms with E-state index in [9.17, 15) is 4.79 Å². The van der Waals surface area contributed by atoms with E-state index in [1.54, 1.807) is 18.2 Å². The smallest absolute Gasteiger partial charge is 0.259 e. The van der Waals surface area contributed by atoms with Gasteiger partial charge in [-0.2, -0.15) is 0 Å². The van der Waals surface area contributed by atoms with Gasteiger partial charge in [-0.15, -0.1) is 11.3 Å². The molecule has 0 radical (unpaired) electrons. The molecule has 0 unspecified atom stereocenters. The van der Waals surface area contributed by atoms with Gasteiger partial charge in [0.05, 0.1) is 21.3 Å². The molecule has 0 bridgehead atoms. The van der Waals surface area contributed by atoms with E-state index in [1.165, 1.54) is 16.9 Å². The maximum atomic E-state index is 12.3. The van der Waals surface area contributed by atoms with Crippen molar-refractivity contribution in [1.82, 2.24) is 4.98 Å². The molecule has 0 saturated carbocycles. The lowest BCUT2D eigenvalue weighted by molar-refractivity contribution is 0.102. The first kappa shape index (κ1) is 16.0. The first-order chi connectivity index (χ1) is 11.0. The molecule has 116 valence electrons. The molecule has 6 heteroatoms. The average Bonchev–Trinajstić information content (AvgIpc) is 2.99. The number of hydrogen-bond acceptors (Lipinski definition) is 3. The highest BCUT2D eigenvalue weighted by Crippen LogP contribution is 2.28. The number of hydrogen-bond donors (Lipinski definition) is 1. The monoisotopic (exact) mass is 362 g/mol. The zero-order valence-corrected chi connectivity index (χ0v) is 14.5. The van der Waals surface area contributed by atoms with Crippen LogP contribution in [-0.4, -0.2) is 10.9 Å². The molecule has 0 fully saturated rings. The third kappa shape index (κ3) is 3.55. The van der Waals surface area contributed by atoms with Gasteiger partial charge in [-0.3, -0.25) is 10.1 Å². The van der Waals surface area contributed by atoms with Crippen molar-refractivity contribution in [3.63, 3.8) is 0 Å². The van der Waals surface area contributed by atoms with Gasteiger partial charge >= 0.3 is 0 Å². The molecule has 1 amide bonds. The Balaban J connectivity index is 1.80. The van der Waals surface area contributed by atoms with Crippen molar-refractivity contribution >= 4 is 45.6 Å². The Morgan fingerprint density at radius 1 is 1.13 bits per heavy atom. The van der Waals surface area contributed by atoms with Gasteiger partial charge in [0.15, 0.2) is 5.13 Å². The molecule has 3 nitrogen and oxygen atoms in total. The molecule has 0 aliphatic carbocycles. The van der Waals surface area contributed by atoms with Crippen LogP contribution in [0.2, 0.25) is 10.0 Å². The first-order valence-corrected chi connectivity index (χ1v) is 8.46. The number of benzene rings is 2. The second-order valence-corrected chi connectivity index (χ2v) is 6.60. The zero-order valence-electron chi connectivity index (χ0n) is 12.1. The fourth-order valence-corrected chi connectivity index (χ4v) is 3.13. The SMILES string of the molecule is Cc1ccc(-c2csc(NC(=O)c3cccc(Cl)c3Cl)n2)cc1. The number of rotatable bonds is 3. The number of nitrogens with one attached hydrogen (secondary N) is 1. The lowest BCUT2D eigenvalue weighted by Crippen LogP contribution is -2.12. The molecular formula is C17H12Cl2N2OS. The van der Waals surface area contributed by atoms with E-state index in [1.807, 2.05) is 36.6 Å². The van der Waals surface area contributed by atoms with Crippen molar-refractivity contribution in [2.45, 2.75) is 6.92 Å². The molecule has 0 aliphatic rings. The number of carbonyl (C=O) groups excluding carboxylic acids is 1. The normalized spacial score (nSPS) is 10.6. The number of aromatic nitrogens is 1. The van der Waals surface area contributed by atoms with Gasteiger partial charge < -0.3 is 0 Å². The maximum Gasteiger partial charge on any atom is 0.259 e. The number of anilines is 1. The van der Waals surface area contributed by atoms with Crippen molar-refractivity contribution in [3.05, 3.63) is 69.0 Å². The fourth-order valence-electron chi connectivity index (χ4n) is 2.03. The van der Waals surface area contributed by atoms with Gasteiger partial charge in [0.1, 0.15) is 0 Å². The van der Waals surface area contributed by atoms with Crippen LogP contribution in [0.5, 0.6) is 0 Å². The van der Waals surface area contributed by atoms with Crippen molar-refractivity contribution in [2.75, 3.05) is 5.32 Å². The Morgan fingerprint density at radius 2 is 1.87 bits per heavy atom. The van der Waals surface area contributed by atoms with Crippen molar-refractivity contribution < 1.29 is 4.79 Å². The standard InChI is InChI=1S/C17H12Cl2N2OS/c1-10-5-7-11(8-6-10)14-9-23-17(20-14)21-16(22)12-3-2-4-13(18)15(12)19/h2-9H,1H3,(H,20,21,22). The maximum absolute atomic E-state index is 12.3. The predicted molar refractivity (Wildman–Crippen MR) is 96.7 cm³/mol. The summed E-state index contributed by atoms with van der Waals surface area (Å²) in [6.07, 6.45) is 0. The molecule has 0 spiro atoms. The van der Waals surface area contributed by atoms with Crippen LogP contribution in [0.25, 0.3) is 11.3 Å². The Labute approximate surface area is 147 Å². The molecule has 23 heavy (non-hydrogen) atoms. The second kappa shape index (κ2) is 6.71. The average molecular weight is 363 g/mol. The Hall–Kier alpha value is -1.88. The minimum absolute atomic E-state index is 0.238. The Morgan fingerprint density at radius 3 is 2.61 bits per heavy atom. The van der Waals surface area contributed by atoms with Crippen LogP contribution in [-0.2, 0) is 0 Å². The summed E-state index contributed by atoms with van der Waals surface area (Å²) in [7, 11) is 0. The Kier molecular flexibility index (Phi) is 4.66. The molecule has 2 aromatic carbocycles. The molecular weight excluding hydrogens is 351 g/mol. The highest BCUT2D eigenvalue weighted by atomic mass is 35.5. The Bertz CT molecular complexity index is 859. The lowest BCUT2D eigenvalue weighted by atomic mass is 10.1. The van der Waals surface area contributed by atoms with Crippen LogP contribution >= 0.6 is 34.5 Å². The van der Waals surface area contributed by atoms with Crippen LogP contribution in [0.4, 0.5) is 5.13 Å². The fraction of sp³-hybridized carbons (Fsp3) is 0.0588. The lowest BCUT2D eigenvalue weighted by Gasteiger charge is -2.05. The van der Waals surface area contributed by atoms with Crippen LogP contribution in [0.3, 0.4) is 0 Å². The van der Waals surface area contributed by atoms with E-state index in [0.29, 0.717) is 15.7 Å². The number of nitrogens with zero attached hydrogens (tertiary/aromatic N) is 1. The van der Waals surface area contributed by atoms with E-state index in [2.05, 4.69) is 10.3 Å². The minimum Gasteiger partial charge on any atom is -0.298 e. The van der Waals surface area contributed by atoms with E-state index in [-0.39, 0.29) is 10.9 Å². The van der Waals surface area contributed by atoms with Crippen molar-refractivity contribution in [3.8, 4) is 11.3 Å². The van der Waals surface area contributed by atoms with Gasteiger partial charge in [0.2, 0.25) is 0 Å². The number of halogens is 2. The van der Waals surface area contributed by atoms with Gasteiger partial charge in [0, 0.05) is 10.9 Å². The minimum atomic E-state index is -0.331. The molecule has 1 N–H and O–H groups in total. The van der Waals surface area contributed by atoms with Crippen LogP contribution in [0, 0.1) is 6.92 Å². The predicted octanol–water partition coefficient (Wildman–Crippen LogP) is 5.68. The molecule has 3 rings (SSSR count). The highest BCUT2D eigenvalue weighted by molar-refractivity contribution is 7.14. The van der Waals surface area contributed by atoms with Crippen molar-refractivity contribution in [1.29, 1.82) is 0 Å². The summed E-state index contributed by atoms with van der Waals surface area (Å²) >= 11 is 13.4. The van der Waals surface area contributed by atoms with E-state index in [4.69, 9.17) is 23.2 Å². The van der Waals surface area contributed by atoms with E-state index < -0.39 is 0 Å². The van der Waals surface area contributed by atoms with Crippen LogP contribution in [0.1, 0.15) is 15.9 Å². The van der Waals surface area contributed by atoms with Crippen molar-refractivity contribution in [2.24, 2.45) is 0 Å². The third-order valence-electron chi connectivity index (χ3n) is 3.27. The zero-order chi connectivity index (χ0) is 16.4. The van der Waals surface area contributed by atoms with Gasteiger partial charge in [-0.1, -0.05) is 59.1 Å². The van der Waals surface area contributed by atoms with E-state index >= 15 is 0 Å². The second-order valence-electron chi connectivity index (χ2n) is 4.96. The highest BCUT2D eigenvalue weighted by Gasteiger charge is 2.14. The van der Waals surface area contributed by atoms with Crippen LogP contribution in [0.15, 0.2) is 47.8 Å². The molecule has 3 aromatic rings. The molecule has 0 aliphatic heterocycles. The van der Waals surface area contributed by atoms with E-state index in [0.717, 1.165) is 11.3 Å². The number of aryl methyl sites for hydroxylation is 1. The summed E-state index contributed by atoms with van der Waals surface area (Å²) in [5, 5.41) is 5.76.